The lowest BCUT2D eigenvalue weighted by Crippen LogP contribution is -2.26. The smallest absolute Gasteiger partial charge is 0.0991 e. The van der Waals surface area contributed by atoms with Crippen LogP contribution in [0, 0.1) is 25.2 Å². The van der Waals surface area contributed by atoms with Gasteiger partial charge in [-0.15, -0.1) is 0 Å². The summed E-state index contributed by atoms with van der Waals surface area (Å²) in [5.74, 6) is 0. The van der Waals surface area contributed by atoms with Gasteiger partial charge in [-0.05, 0) is 99.1 Å². The highest BCUT2D eigenvalue weighted by atomic mass is 15.0. The number of nitrogens with zero attached hydrogens (tertiary/aromatic N) is 2. The van der Waals surface area contributed by atoms with Gasteiger partial charge in [0.25, 0.3) is 0 Å². The molecular formula is C44H32N2. The largest absolute Gasteiger partial charge is 0.309 e. The quantitative estimate of drug-likeness (QED) is 0.185. The summed E-state index contributed by atoms with van der Waals surface area (Å²) < 4.78 is 2.42. The van der Waals surface area contributed by atoms with E-state index in [2.05, 4.69) is 148 Å². The second-order valence-electron chi connectivity index (χ2n) is 13.5. The Kier molecular flexibility index (Phi) is 5.48. The second-order valence-corrected chi connectivity index (χ2v) is 13.5. The summed E-state index contributed by atoms with van der Waals surface area (Å²) in [5, 5.41) is 17.1. The Balaban J connectivity index is 1.39. The van der Waals surface area contributed by atoms with Gasteiger partial charge >= 0.3 is 0 Å². The molecule has 9 rings (SSSR count). The highest BCUT2D eigenvalue weighted by Gasteiger charge is 2.35. The number of aryl methyl sites for hydroxylation is 2. The zero-order chi connectivity index (χ0) is 31.3. The van der Waals surface area contributed by atoms with Crippen molar-refractivity contribution in [3.05, 3.63) is 149 Å². The molecule has 0 atom stereocenters. The van der Waals surface area contributed by atoms with E-state index in [-0.39, 0.29) is 5.41 Å². The number of rotatable bonds is 2. The average Bonchev–Trinajstić information content (AvgIpc) is 3.40. The molecular weight excluding hydrogens is 556 g/mol. The van der Waals surface area contributed by atoms with Crippen LogP contribution in [0.1, 0.15) is 41.7 Å². The first-order chi connectivity index (χ1) is 22.3. The molecule has 8 aromatic rings. The van der Waals surface area contributed by atoms with Crippen molar-refractivity contribution in [2.24, 2.45) is 0 Å². The minimum atomic E-state index is -0.227. The molecule has 0 bridgehead atoms. The van der Waals surface area contributed by atoms with Gasteiger partial charge in [-0.25, -0.2) is 0 Å². The SMILES string of the molecule is Cc1ccc2c(-c3ccc4c(c3)C(C)(C)c3cccc5c6cc(C#N)ccc6n-4c35)c3cc(C)ccc3c(-c3ccccc3)c2c1. The normalized spacial score (nSPS) is 13.4. The molecule has 7 aromatic carbocycles. The average molecular weight is 589 g/mol. The van der Waals surface area contributed by atoms with Crippen LogP contribution in [-0.4, -0.2) is 4.57 Å². The van der Waals surface area contributed by atoms with Crippen molar-refractivity contribution in [1.82, 2.24) is 4.57 Å². The topological polar surface area (TPSA) is 28.7 Å². The lowest BCUT2D eigenvalue weighted by atomic mass is 9.73. The monoisotopic (exact) mass is 588 g/mol. The van der Waals surface area contributed by atoms with Crippen molar-refractivity contribution in [3.8, 4) is 34.0 Å². The first-order valence-electron chi connectivity index (χ1n) is 16.0. The zero-order valence-corrected chi connectivity index (χ0v) is 26.4. The van der Waals surface area contributed by atoms with E-state index < -0.39 is 0 Å². The van der Waals surface area contributed by atoms with Gasteiger partial charge in [0.2, 0.25) is 0 Å². The van der Waals surface area contributed by atoms with Crippen molar-refractivity contribution < 1.29 is 0 Å². The molecule has 0 fully saturated rings. The fourth-order valence-electron chi connectivity index (χ4n) is 8.11. The summed E-state index contributed by atoms with van der Waals surface area (Å²) in [6.07, 6.45) is 0. The molecule has 0 unspecified atom stereocenters. The molecule has 2 heterocycles. The van der Waals surface area contributed by atoms with Crippen LogP contribution in [0.15, 0.2) is 121 Å². The Labute approximate surface area is 268 Å². The van der Waals surface area contributed by atoms with Gasteiger partial charge < -0.3 is 4.57 Å². The molecule has 1 aliphatic heterocycles. The van der Waals surface area contributed by atoms with Gasteiger partial charge in [0.1, 0.15) is 0 Å². The van der Waals surface area contributed by atoms with Crippen molar-refractivity contribution in [2.45, 2.75) is 33.1 Å². The van der Waals surface area contributed by atoms with E-state index in [4.69, 9.17) is 0 Å². The molecule has 218 valence electrons. The number of hydrogen-bond donors (Lipinski definition) is 0. The maximum atomic E-state index is 9.69. The van der Waals surface area contributed by atoms with Crippen molar-refractivity contribution in [1.29, 1.82) is 5.26 Å². The Morgan fingerprint density at radius 3 is 1.93 bits per heavy atom. The lowest BCUT2D eigenvalue weighted by molar-refractivity contribution is 0.630. The van der Waals surface area contributed by atoms with Gasteiger partial charge in [0, 0.05) is 16.2 Å². The molecule has 46 heavy (non-hydrogen) atoms. The second kappa shape index (κ2) is 9.43. The summed E-state index contributed by atoms with van der Waals surface area (Å²) in [5.41, 5.74) is 14.2. The van der Waals surface area contributed by atoms with Crippen LogP contribution >= 0.6 is 0 Å². The summed E-state index contributed by atoms with van der Waals surface area (Å²) >= 11 is 0. The molecule has 2 heteroatoms. The van der Waals surface area contributed by atoms with E-state index in [1.54, 1.807) is 0 Å². The van der Waals surface area contributed by atoms with Gasteiger partial charge in [-0.2, -0.15) is 5.26 Å². The van der Waals surface area contributed by atoms with Crippen molar-refractivity contribution in [3.63, 3.8) is 0 Å². The molecule has 2 nitrogen and oxygen atoms in total. The minimum Gasteiger partial charge on any atom is -0.309 e. The Hall–Kier alpha value is -5.65. The fraction of sp³-hybridized carbons (Fsp3) is 0.114. The molecule has 0 radical (unpaired) electrons. The van der Waals surface area contributed by atoms with Crippen molar-refractivity contribution in [2.75, 3.05) is 0 Å². The molecule has 1 aliphatic rings. The van der Waals surface area contributed by atoms with E-state index in [0.717, 1.165) is 10.9 Å². The van der Waals surface area contributed by atoms with Gasteiger partial charge in [-0.3, -0.25) is 0 Å². The van der Waals surface area contributed by atoms with Crippen molar-refractivity contribution >= 4 is 43.4 Å². The van der Waals surface area contributed by atoms with Gasteiger partial charge in [0.15, 0.2) is 0 Å². The molecule has 1 aromatic heterocycles. The molecule has 0 spiro atoms. The molecule has 0 saturated carbocycles. The highest BCUT2D eigenvalue weighted by molar-refractivity contribution is 6.22. The molecule has 0 N–H and O–H groups in total. The van der Waals surface area contributed by atoms with Gasteiger partial charge in [0.05, 0.1) is 28.4 Å². The number of aromatic nitrogens is 1. The molecule has 0 aliphatic carbocycles. The highest BCUT2D eigenvalue weighted by Crippen LogP contribution is 2.50. The van der Waals surface area contributed by atoms with E-state index in [1.165, 1.54) is 82.6 Å². The predicted molar refractivity (Wildman–Crippen MR) is 193 cm³/mol. The van der Waals surface area contributed by atoms with Gasteiger partial charge in [-0.1, -0.05) is 116 Å². The van der Waals surface area contributed by atoms with E-state index in [9.17, 15) is 5.26 Å². The fourth-order valence-corrected chi connectivity index (χ4v) is 8.11. The van der Waals surface area contributed by atoms with E-state index >= 15 is 0 Å². The first kappa shape index (κ1) is 26.7. The van der Waals surface area contributed by atoms with Crippen LogP contribution in [0.4, 0.5) is 0 Å². The Morgan fingerprint density at radius 2 is 1.24 bits per heavy atom. The third-order valence-corrected chi connectivity index (χ3v) is 10.3. The van der Waals surface area contributed by atoms with E-state index in [1.807, 2.05) is 12.1 Å². The lowest BCUT2D eigenvalue weighted by Gasteiger charge is -2.35. The number of para-hydroxylation sites is 1. The number of fused-ring (bicyclic) bond motifs is 7. The first-order valence-corrected chi connectivity index (χ1v) is 16.0. The predicted octanol–water partition coefficient (Wildman–Crippen LogP) is 11.6. The Bertz CT molecular complexity index is 2630. The molecule has 0 amide bonds. The van der Waals surface area contributed by atoms with Crippen LogP contribution < -0.4 is 0 Å². The van der Waals surface area contributed by atoms with Crippen LogP contribution in [0.25, 0.3) is 71.3 Å². The van der Waals surface area contributed by atoms with Crippen LogP contribution in [0.5, 0.6) is 0 Å². The number of hydrogen-bond acceptors (Lipinski definition) is 1. The summed E-state index contributed by atoms with van der Waals surface area (Å²) in [4.78, 5) is 0. The summed E-state index contributed by atoms with van der Waals surface area (Å²) in [6, 6.07) is 46.9. The van der Waals surface area contributed by atoms with Crippen LogP contribution in [0.3, 0.4) is 0 Å². The number of nitriles is 1. The third-order valence-electron chi connectivity index (χ3n) is 10.3. The zero-order valence-electron chi connectivity index (χ0n) is 26.4. The summed E-state index contributed by atoms with van der Waals surface area (Å²) in [7, 11) is 0. The summed E-state index contributed by atoms with van der Waals surface area (Å²) in [6.45, 7) is 9.09. The van der Waals surface area contributed by atoms with Crippen LogP contribution in [-0.2, 0) is 5.41 Å². The maximum Gasteiger partial charge on any atom is 0.0991 e. The third kappa shape index (κ3) is 3.57. The minimum absolute atomic E-state index is 0.227. The Morgan fingerprint density at radius 1 is 0.543 bits per heavy atom. The molecule has 0 saturated heterocycles. The standard InChI is InChI=1S/C44H32N2/c1-26-14-18-32-35(21-26)41(29-9-6-5-7-10-29)31-17-13-27(2)22-36(31)42(32)30-16-20-40-38(24-30)44(3,4)37-12-8-11-33-34-23-28(25-45)15-19-39(34)46(40)43(33)37/h5-24H,1-4H3. The van der Waals surface area contributed by atoms with Crippen LogP contribution in [0.2, 0.25) is 0 Å². The maximum absolute atomic E-state index is 9.69. The number of benzene rings is 7. The van der Waals surface area contributed by atoms with E-state index in [0.29, 0.717) is 5.56 Å².